The monoisotopic (exact) mass is 330 g/mol. The molecule has 8 nitrogen and oxygen atoms in total. The number of methoxy groups -OCH3 is 1. The number of carbonyl (C=O) groups is 2. The van der Waals surface area contributed by atoms with E-state index in [9.17, 15) is 19.7 Å². The molecule has 2 saturated heterocycles. The summed E-state index contributed by atoms with van der Waals surface area (Å²) in [5.41, 5.74) is -0.743. The number of nitro groups is 1. The number of hydrogen-bond acceptors (Lipinski definition) is 6. The van der Waals surface area contributed by atoms with E-state index in [0.29, 0.717) is 0 Å². The molecule has 0 unspecified atom stereocenters. The summed E-state index contributed by atoms with van der Waals surface area (Å²) in [7, 11) is 1.34. The quantitative estimate of drug-likeness (QED) is 0.360. The first-order chi connectivity index (χ1) is 11.4. The normalized spacial score (nSPS) is 33.2. The van der Waals surface area contributed by atoms with Crippen LogP contribution in [0.2, 0.25) is 0 Å². The molecule has 0 saturated carbocycles. The molecule has 2 amide bonds. The Morgan fingerprint density at radius 3 is 2.71 bits per heavy atom. The van der Waals surface area contributed by atoms with Gasteiger partial charge in [0.15, 0.2) is 0 Å². The largest absolute Gasteiger partial charge is 0.494 e. The molecule has 0 aromatic heterocycles. The number of non-ortho nitro benzene ring substituents is 1. The fourth-order valence-corrected chi connectivity index (χ4v) is 3.85. The Hall–Kier alpha value is -2.74. The second kappa shape index (κ2) is 4.64. The summed E-state index contributed by atoms with van der Waals surface area (Å²) >= 11 is 0. The second-order valence-electron chi connectivity index (χ2n) is 6.25. The summed E-state index contributed by atoms with van der Waals surface area (Å²) in [5.74, 6) is -1.77. The van der Waals surface area contributed by atoms with Crippen molar-refractivity contribution in [3.63, 3.8) is 0 Å². The minimum absolute atomic E-state index is 0.109. The van der Waals surface area contributed by atoms with E-state index in [1.54, 1.807) is 6.92 Å². The highest BCUT2D eigenvalue weighted by Crippen LogP contribution is 2.53. The van der Waals surface area contributed by atoms with E-state index in [2.05, 4.69) is 0 Å². The third-order valence-electron chi connectivity index (χ3n) is 4.94. The molecule has 0 N–H and O–H groups in total. The third-order valence-corrected chi connectivity index (χ3v) is 4.94. The van der Waals surface area contributed by atoms with Gasteiger partial charge in [-0.1, -0.05) is 12.2 Å². The number of nitro benzene ring substituents is 1. The number of carbonyl (C=O) groups excluding carboxylic acids is 2. The van der Waals surface area contributed by atoms with Crippen molar-refractivity contribution in [2.75, 3.05) is 12.0 Å². The molecule has 24 heavy (non-hydrogen) atoms. The van der Waals surface area contributed by atoms with Crippen LogP contribution in [0, 0.1) is 22.0 Å². The third kappa shape index (κ3) is 1.71. The van der Waals surface area contributed by atoms with E-state index in [0.717, 1.165) is 4.90 Å². The molecule has 4 atom stereocenters. The minimum Gasteiger partial charge on any atom is -0.494 e. The van der Waals surface area contributed by atoms with Crippen molar-refractivity contribution in [1.29, 1.82) is 0 Å². The van der Waals surface area contributed by atoms with Crippen molar-refractivity contribution >= 4 is 23.2 Å². The summed E-state index contributed by atoms with van der Waals surface area (Å²) < 4.78 is 10.9. The molecule has 3 aliphatic rings. The van der Waals surface area contributed by atoms with Gasteiger partial charge in [-0.2, -0.15) is 0 Å². The average molecular weight is 330 g/mol. The predicted molar refractivity (Wildman–Crippen MR) is 81.5 cm³/mol. The van der Waals surface area contributed by atoms with E-state index in [4.69, 9.17) is 9.47 Å². The molecule has 2 bridgehead atoms. The Morgan fingerprint density at radius 2 is 2.08 bits per heavy atom. The van der Waals surface area contributed by atoms with E-state index < -0.39 is 28.5 Å². The molecule has 1 aromatic rings. The lowest BCUT2D eigenvalue weighted by molar-refractivity contribution is -0.384. The molecule has 2 fully saturated rings. The molecule has 3 aliphatic heterocycles. The fourth-order valence-electron chi connectivity index (χ4n) is 3.85. The average Bonchev–Trinajstić information content (AvgIpc) is 3.16. The smallest absolute Gasteiger partial charge is 0.273 e. The summed E-state index contributed by atoms with van der Waals surface area (Å²) in [4.78, 5) is 37.1. The van der Waals surface area contributed by atoms with Crippen LogP contribution >= 0.6 is 0 Å². The van der Waals surface area contributed by atoms with Crippen LogP contribution in [0.5, 0.6) is 5.75 Å². The number of amides is 2. The SMILES string of the molecule is COc1cc([N+](=O)[O-])ccc1N1C(=O)[C@@H]2[C@H]3C=C[C@](C)(O3)[C@H]2C1=O. The van der Waals surface area contributed by atoms with Crippen molar-refractivity contribution in [2.24, 2.45) is 11.8 Å². The number of benzene rings is 1. The summed E-state index contributed by atoms with van der Waals surface area (Å²) in [6, 6.07) is 3.82. The first kappa shape index (κ1) is 14.8. The van der Waals surface area contributed by atoms with Crippen LogP contribution in [0.3, 0.4) is 0 Å². The standard InChI is InChI=1S/C16H14N2O6/c1-16-6-5-10(24-16)12-13(16)15(20)17(14(12)19)9-4-3-8(18(21)22)7-11(9)23-2/h3-7,10,12-13H,1-2H3/t10-,12-,13-,16+/m1/s1. The van der Waals surface area contributed by atoms with Gasteiger partial charge in [-0.3, -0.25) is 19.7 Å². The van der Waals surface area contributed by atoms with Crippen LogP contribution < -0.4 is 9.64 Å². The van der Waals surface area contributed by atoms with Gasteiger partial charge in [0.1, 0.15) is 5.75 Å². The Morgan fingerprint density at radius 1 is 1.33 bits per heavy atom. The van der Waals surface area contributed by atoms with Gasteiger partial charge in [-0.15, -0.1) is 0 Å². The molecule has 0 radical (unpaired) electrons. The number of fused-ring (bicyclic) bond motifs is 5. The van der Waals surface area contributed by atoms with Gasteiger partial charge in [0.25, 0.3) is 5.69 Å². The van der Waals surface area contributed by atoms with Gasteiger partial charge in [-0.25, -0.2) is 4.90 Å². The van der Waals surface area contributed by atoms with E-state index in [1.807, 2.05) is 12.2 Å². The van der Waals surface area contributed by atoms with Gasteiger partial charge < -0.3 is 9.47 Å². The number of nitrogens with zero attached hydrogens (tertiary/aromatic N) is 2. The highest BCUT2D eigenvalue weighted by atomic mass is 16.6. The highest BCUT2D eigenvalue weighted by molar-refractivity contribution is 6.24. The van der Waals surface area contributed by atoms with Crippen LogP contribution in [-0.2, 0) is 14.3 Å². The zero-order valence-electron chi connectivity index (χ0n) is 13.0. The summed E-state index contributed by atoms with van der Waals surface area (Å²) in [5, 5.41) is 10.9. The molecule has 0 aliphatic carbocycles. The van der Waals surface area contributed by atoms with Crippen molar-refractivity contribution in [2.45, 2.75) is 18.6 Å². The lowest BCUT2D eigenvalue weighted by atomic mass is 9.78. The van der Waals surface area contributed by atoms with E-state index >= 15 is 0 Å². The molecule has 124 valence electrons. The van der Waals surface area contributed by atoms with Crippen LogP contribution in [0.1, 0.15) is 6.92 Å². The lowest BCUT2D eigenvalue weighted by Gasteiger charge is -2.24. The topological polar surface area (TPSA) is 99.0 Å². The zero-order chi connectivity index (χ0) is 17.2. The Bertz CT molecular complexity index is 819. The Balaban J connectivity index is 1.78. The van der Waals surface area contributed by atoms with E-state index in [-0.39, 0.29) is 28.9 Å². The zero-order valence-corrected chi connectivity index (χ0v) is 13.0. The number of ether oxygens (including phenoxy) is 2. The predicted octanol–water partition coefficient (Wildman–Crippen LogP) is 1.44. The second-order valence-corrected chi connectivity index (χ2v) is 6.25. The van der Waals surface area contributed by atoms with Crippen LogP contribution in [0.15, 0.2) is 30.4 Å². The molecule has 3 heterocycles. The first-order valence-electron chi connectivity index (χ1n) is 7.45. The Labute approximate surface area is 136 Å². The van der Waals surface area contributed by atoms with Gasteiger partial charge in [0.2, 0.25) is 11.8 Å². The number of anilines is 1. The first-order valence-corrected chi connectivity index (χ1v) is 7.45. The molecule has 0 spiro atoms. The van der Waals surface area contributed by atoms with Crippen LogP contribution in [-0.4, -0.2) is 35.6 Å². The van der Waals surface area contributed by atoms with Crippen LogP contribution in [0.4, 0.5) is 11.4 Å². The maximum atomic E-state index is 12.9. The van der Waals surface area contributed by atoms with E-state index in [1.165, 1.54) is 25.3 Å². The number of hydrogen-bond donors (Lipinski definition) is 0. The summed E-state index contributed by atoms with van der Waals surface area (Å²) in [6.07, 6.45) is 3.22. The Kier molecular flexibility index (Phi) is 2.86. The van der Waals surface area contributed by atoms with Gasteiger partial charge in [-0.05, 0) is 13.0 Å². The number of imide groups is 1. The molecule has 1 aromatic carbocycles. The van der Waals surface area contributed by atoms with Crippen LogP contribution in [0.25, 0.3) is 0 Å². The van der Waals surface area contributed by atoms with Crippen molar-refractivity contribution in [3.8, 4) is 5.75 Å². The van der Waals surface area contributed by atoms with Crippen molar-refractivity contribution in [1.82, 2.24) is 0 Å². The fraction of sp³-hybridized carbons (Fsp3) is 0.375. The van der Waals surface area contributed by atoms with Gasteiger partial charge in [0, 0.05) is 6.07 Å². The minimum atomic E-state index is -0.787. The molecule has 4 rings (SSSR count). The maximum absolute atomic E-state index is 12.9. The lowest BCUT2D eigenvalue weighted by Crippen LogP contribution is -2.38. The highest BCUT2D eigenvalue weighted by Gasteiger charge is 2.66. The molecular formula is C16H14N2O6. The maximum Gasteiger partial charge on any atom is 0.273 e. The van der Waals surface area contributed by atoms with Gasteiger partial charge >= 0.3 is 0 Å². The molecular weight excluding hydrogens is 316 g/mol. The van der Waals surface area contributed by atoms with Crippen molar-refractivity contribution < 1.29 is 24.0 Å². The number of rotatable bonds is 3. The van der Waals surface area contributed by atoms with Gasteiger partial charge in [0.05, 0.1) is 47.3 Å². The summed E-state index contributed by atoms with van der Waals surface area (Å²) in [6.45, 7) is 1.79. The van der Waals surface area contributed by atoms with Crippen molar-refractivity contribution in [3.05, 3.63) is 40.5 Å². The molecule has 8 heteroatoms.